The molecular weight excluding hydrogens is 290 g/mol. The molecular formula is C18H25N3O2. The highest BCUT2D eigenvalue weighted by Gasteiger charge is 2.24. The number of benzene rings is 1. The van der Waals surface area contributed by atoms with Crippen molar-refractivity contribution >= 4 is 0 Å². The molecule has 0 spiro atoms. The van der Waals surface area contributed by atoms with Gasteiger partial charge in [0.1, 0.15) is 5.82 Å². The average molecular weight is 315 g/mol. The molecule has 5 nitrogen and oxygen atoms in total. The second-order valence-corrected chi connectivity index (χ2v) is 6.23. The van der Waals surface area contributed by atoms with Crippen LogP contribution in [0, 0.1) is 0 Å². The van der Waals surface area contributed by atoms with Gasteiger partial charge in [-0.25, -0.2) is 4.98 Å². The number of aromatic amines is 1. The predicted molar refractivity (Wildman–Crippen MR) is 89.1 cm³/mol. The quantitative estimate of drug-likeness (QED) is 0.822. The standard InChI is InChI=1S/C18H25N3O2/c22-17(14-23-13-15-5-2-1-3-6-15)12-21-10-4-7-16(11-21)18-19-8-9-20-18/h1-3,5-6,8-9,16-17,22H,4,7,10-14H2,(H,19,20). The summed E-state index contributed by atoms with van der Waals surface area (Å²) in [5.74, 6) is 1.50. The normalized spacial score (nSPS) is 20.5. The third-order valence-corrected chi connectivity index (χ3v) is 4.30. The van der Waals surface area contributed by atoms with Gasteiger partial charge in [0.2, 0.25) is 0 Å². The minimum Gasteiger partial charge on any atom is -0.389 e. The summed E-state index contributed by atoms with van der Waals surface area (Å²) >= 11 is 0. The van der Waals surface area contributed by atoms with Crippen LogP contribution in [-0.2, 0) is 11.3 Å². The highest BCUT2D eigenvalue weighted by molar-refractivity contribution is 5.13. The summed E-state index contributed by atoms with van der Waals surface area (Å²) in [5.41, 5.74) is 1.13. The smallest absolute Gasteiger partial charge is 0.110 e. The van der Waals surface area contributed by atoms with E-state index in [2.05, 4.69) is 14.9 Å². The van der Waals surface area contributed by atoms with Crippen molar-refractivity contribution in [2.75, 3.05) is 26.2 Å². The van der Waals surface area contributed by atoms with Crippen LogP contribution in [0.15, 0.2) is 42.7 Å². The molecule has 1 aliphatic rings. The number of hydrogen-bond acceptors (Lipinski definition) is 4. The van der Waals surface area contributed by atoms with E-state index in [4.69, 9.17) is 4.74 Å². The van der Waals surface area contributed by atoms with Crippen molar-refractivity contribution in [3.05, 3.63) is 54.1 Å². The van der Waals surface area contributed by atoms with Gasteiger partial charge in [0.05, 0.1) is 19.3 Å². The van der Waals surface area contributed by atoms with Crippen LogP contribution in [-0.4, -0.2) is 52.3 Å². The summed E-state index contributed by atoms with van der Waals surface area (Å²) in [6.07, 6.45) is 5.53. The van der Waals surface area contributed by atoms with E-state index in [0.717, 1.165) is 37.3 Å². The van der Waals surface area contributed by atoms with Crippen molar-refractivity contribution in [1.29, 1.82) is 0 Å². The van der Waals surface area contributed by atoms with Crippen molar-refractivity contribution < 1.29 is 9.84 Å². The van der Waals surface area contributed by atoms with Crippen LogP contribution in [0.5, 0.6) is 0 Å². The molecule has 1 aliphatic heterocycles. The number of H-pyrrole nitrogens is 1. The van der Waals surface area contributed by atoms with Crippen LogP contribution in [0.3, 0.4) is 0 Å². The Bertz CT molecular complexity index is 559. The van der Waals surface area contributed by atoms with Crippen LogP contribution in [0.2, 0.25) is 0 Å². The first kappa shape index (κ1) is 16.2. The topological polar surface area (TPSA) is 61.4 Å². The molecule has 3 rings (SSSR count). The van der Waals surface area contributed by atoms with E-state index >= 15 is 0 Å². The Morgan fingerprint density at radius 1 is 1.35 bits per heavy atom. The van der Waals surface area contributed by atoms with Crippen LogP contribution in [0.25, 0.3) is 0 Å². The van der Waals surface area contributed by atoms with Gasteiger partial charge in [-0.3, -0.25) is 4.90 Å². The minimum absolute atomic E-state index is 0.372. The van der Waals surface area contributed by atoms with Crippen LogP contribution >= 0.6 is 0 Å². The van der Waals surface area contributed by atoms with Crippen molar-refractivity contribution in [2.45, 2.75) is 31.5 Å². The molecule has 0 radical (unpaired) electrons. The SMILES string of the molecule is OC(COCc1ccccc1)CN1CCCC(c2ncc[nH]2)C1. The number of hydrogen-bond donors (Lipinski definition) is 2. The molecule has 2 N–H and O–H groups in total. The van der Waals surface area contributed by atoms with Crippen LogP contribution in [0.1, 0.15) is 30.1 Å². The molecule has 1 saturated heterocycles. The Balaban J connectivity index is 1.40. The fourth-order valence-corrected chi connectivity index (χ4v) is 3.18. The molecule has 23 heavy (non-hydrogen) atoms. The number of aliphatic hydroxyl groups is 1. The Hall–Kier alpha value is -1.69. The van der Waals surface area contributed by atoms with E-state index < -0.39 is 6.10 Å². The number of piperidine rings is 1. The van der Waals surface area contributed by atoms with Crippen molar-refractivity contribution in [2.24, 2.45) is 0 Å². The van der Waals surface area contributed by atoms with Crippen LogP contribution < -0.4 is 0 Å². The lowest BCUT2D eigenvalue weighted by Crippen LogP contribution is -2.41. The number of nitrogens with one attached hydrogen (secondary N) is 1. The van der Waals surface area contributed by atoms with Gasteiger partial charge in [-0.2, -0.15) is 0 Å². The Labute approximate surface area is 137 Å². The van der Waals surface area contributed by atoms with E-state index in [-0.39, 0.29) is 0 Å². The lowest BCUT2D eigenvalue weighted by molar-refractivity contribution is 0.00552. The molecule has 2 aromatic rings. The maximum absolute atomic E-state index is 10.2. The van der Waals surface area contributed by atoms with Gasteiger partial charge < -0.3 is 14.8 Å². The Kier molecular flexibility index (Phi) is 5.80. The lowest BCUT2D eigenvalue weighted by atomic mass is 9.97. The number of likely N-dealkylation sites (tertiary alicyclic amines) is 1. The van der Waals surface area contributed by atoms with Gasteiger partial charge in [-0.15, -0.1) is 0 Å². The predicted octanol–water partition coefficient (Wildman–Crippen LogP) is 2.17. The van der Waals surface area contributed by atoms with Gasteiger partial charge in [0.25, 0.3) is 0 Å². The molecule has 1 aromatic carbocycles. The molecule has 0 bridgehead atoms. The van der Waals surface area contributed by atoms with E-state index in [1.807, 2.05) is 36.5 Å². The Morgan fingerprint density at radius 3 is 3.00 bits per heavy atom. The zero-order valence-corrected chi connectivity index (χ0v) is 13.4. The van der Waals surface area contributed by atoms with E-state index in [1.165, 1.54) is 0 Å². The first-order valence-corrected chi connectivity index (χ1v) is 8.32. The first-order chi connectivity index (χ1) is 11.3. The fourth-order valence-electron chi connectivity index (χ4n) is 3.18. The first-order valence-electron chi connectivity index (χ1n) is 8.32. The zero-order chi connectivity index (χ0) is 15.9. The van der Waals surface area contributed by atoms with Crippen LogP contribution in [0.4, 0.5) is 0 Å². The number of imidazole rings is 1. The molecule has 2 heterocycles. The Morgan fingerprint density at radius 2 is 2.22 bits per heavy atom. The molecule has 0 saturated carbocycles. The fraction of sp³-hybridized carbons (Fsp3) is 0.500. The maximum atomic E-state index is 10.2. The minimum atomic E-state index is -0.450. The summed E-state index contributed by atoms with van der Waals surface area (Å²) in [5, 5.41) is 10.2. The number of rotatable bonds is 7. The molecule has 0 amide bonds. The average Bonchev–Trinajstić information content (AvgIpc) is 3.11. The largest absolute Gasteiger partial charge is 0.389 e. The van der Waals surface area contributed by atoms with Gasteiger partial charge in [-0.05, 0) is 24.9 Å². The number of nitrogens with zero attached hydrogens (tertiary/aromatic N) is 2. The molecule has 2 unspecified atom stereocenters. The zero-order valence-electron chi connectivity index (χ0n) is 13.4. The van der Waals surface area contributed by atoms with Crippen molar-refractivity contribution in [3.63, 3.8) is 0 Å². The third-order valence-electron chi connectivity index (χ3n) is 4.30. The molecule has 124 valence electrons. The van der Waals surface area contributed by atoms with Gasteiger partial charge in [-0.1, -0.05) is 30.3 Å². The highest BCUT2D eigenvalue weighted by atomic mass is 16.5. The molecule has 5 heteroatoms. The third kappa shape index (κ3) is 4.89. The summed E-state index contributed by atoms with van der Waals surface area (Å²) in [6.45, 7) is 3.56. The van der Waals surface area contributed by atoms with E-state index in [1.54, 1.807) is 6.20 Å². The van der Waals surface area contributed by atoms with Crippen molar-refractivity contribution in [3.8, 4) is 0 Å². The molecule has 1 fully saturated rings. The molecule has 0 aliphatic carbocycles. The monoisotopic (exact) mass is 315 g/mol. The molecule has 1 aromatic heterocycles. The van der Waals surface area contributed by atoms with Crippen molar-refractivity contribution in [1.82, 2.24) is 14.9 Å². The summed E-state index contributed by atoms with van der Waals surface area (Å²) in [7, 11) is 0. The number of aromatic nitrogens is 2. The van der Waals surface area contributed by atoms with Gasteiger partial charge in [0.15, 0.2) is 0 Å². The van der Waals surface area contributed by atoms with Gasteiger partial charge in [0, 0.05) is 31.4 Å². The maximum Gasteiger partial charge on any atom is 0.110 e. The number of β-amino-alcohol motifs (C(OH)–C–C–N with tert-alkyl or cyclic N) is 1. The van der Waals surface area contributed by atoms with Gasteiger partial charge >= 0.3 is 0 Å². The lowest BCUT2D eigenvalue weighted by Gasteiger charge is -2.33. The molecule has 2 atom stereocenters. The number of ether oxygens (including phenoxy) is 1. The van der Waals surface area contributed by atoms with E-state index in [0.29, 0.717) is 25.7 Å². The summed E-state index contributed by atoms with van der Waals surface area (Å²) in [4.78, 5) is 9.89. The summed E-state index contributed by atoms with van der Waals surface area (Å²) in [6, 6.07) is 10.1. The number of aliphatic hydroxyl groups excluding tert-OH is 1. The highest BCUT2D eigenvalue weighted by Crippen LogP contribution is 2.24. The second-order valence-electron chi connectivity index (χ2n) is 6.23. The van der Waals surface area contributed by atoms with E-state index in [9.17, 15) is 5.11 Å². The second kappa shape index (κ2) is 8.24. The summed E-state index contributed by atoms with van der Waals surface area (Å²) < 4.78 is 5.63.